The van der Waals surface area contributed by atoms with Crippen molar-refractivity contribution < 1.29 is 9.84 Å². The lowest BCUT2D eigenvalue weighted by Gasteiger charge is -2.27. The van der Waals surface area contributed by atoms with Gasteiger partial charge < -0.3 is 25.8 Å². The van der Waals surface area contributed by atoms with Crippen molar-refractivity contribution in [1.29, 1.82) is 0 Å². The Labute approximate surface area is 106 Å². The zero-order chi connectivity index (χ0) is 13.1. The van der Waals surface area contributed by atoms with Crippen molar-refractivity contribution in [1.82, 2.24) is 9.27 Å². The highest BCUT2D eigenvalue weighted by molar-refractivity contribution is 7.11. The van der Waals surface area contributed by atoms with Crippen molar-refractivity contribution in [2.75, 3.05) is 45.3 Å². The van der Waals surface area contributed by atoms with Crippen molar-refractivity contribution in [3.05, 3.63) is 0 Å². The number of ether oxygens (including phenoxy) is 1. The van der Waals surface area contributed by atoms with Gasteiger partial charge in [-0.05, 0) is 32.6 Å². The van der Waals surface area contributed by atoms with Crippen LogP contribution in [0.2, 0.25) is 0 Å². The van der Waals surface area contributed by atoms with E-state index in [-0.39, 0.29) is 0 Å². The standard InChI is InChI=1S/C10H20N4O2S/c1-10(15,6-14(2)3)5-12-9-7(16-4)8(11)13-17-9/h12,15H,5-6H2,1-4H3,(H2,11,13). The van der Waals surface area contributed by atoms with E-state index in [1.807, 2.05) is 19.0 Å². The van der Waals surface area contributed by atoms with Crippen molar-refractivity contribution in [3.63, 3.8) is 0 Å². The SMILES string of the molecule is COc1c(N)nsc1NCC(C)(O)CN(C)C. The van der Waals surface area contributed by atoms with Gasteiger partial charge in [-0.3, -0.25) is 0 Å². The molecule has 4 N–H and O–H groups in total. The molecule has 0 spiro atoms. The van der Waals surface area contributed by atoms with Crippen LogP contribution in [-0.4, -0.2) is 54.3 Å². The number of likely N-dealkylation sites (N-methyl/N-ethyl adjacent to an activating group) is 1. The summed E-state index contributed by atoms with van der Waals surface area (Å²) in [6.07, 6.45) is 0. The van der Waals surface area contributed by atoms with Gasteiger partial charge in [-0.25, -0.2) is 0 Å². The number of nitrogens with two attached hydrogens (primary N) is 1. The lowest BCUT2D eigenvalue weighted by molar-refractivity contribution is 0.0460. The molecule has 7 heteroatoms. The zero-order valence-corrected chi connectivity index (χ0v) is 11.5. The fourth-order valence-corrected chi connectivity index (χ4v) is 2.29. The van der Waals surface area contributed by atoms with Gasteiger partial charge in [0.25, 0.3) is 0 Å². The first kappa shape index (κ1) is 14.0. The summed E-state index contributed by atoms with van der Waals surface area (Å²) >= 11 is 1.22. The van der Waals surface area contributed by atoms with Gasteiger partial charge in [0.1, 0.15) is 0 Å². The van der Waals surface area contributed by atoms with Crippen LogP contribution in [0.4, 0.5) is 10.8 Å². The fourth-order valence-electron chi connectivity index (χ4n) is 1.61. The van der Waals surface area contributed by atoms with E-state index in [4.69, 9.17) is 10.5 Å². The number of aromatic nitrogens is 1. The van der Waals surface area contributed by atoms with Crippen molar-refractivity contribution in [2.45, 2.75) is 12.5 Å². The summed E-state index contributed by atoms with van der Waals surface area (Å²) in [6, 6.07) is 0. The minimum absolute atomic E-state index is 0.368. The van der Waals surface area contributed by atoms with Gasteiger partial charge in [0.15, 0.2) is 16.6 Å². The number of hydrogen-bond acceptors (Lipinski definition) is 7. The Kier molecular flexibility index (Phi) is 4.55. The molecule has 0 amide bonds. The summed E-state index contributed by atoms with van der Waals surface area (Å²) in [6.45, 7) is 2.75. The lowest BCUT2D eigenvalue weighted by Crippen LogP contribution is -2.42. The second kappa shape index (κ2) is 5.52. The smallest absolute Gasteiger partial charge is 0.197 e. The largest absolute Gasteiger partial charge is 0.490 e. The lowest BCUT2D eigenvalue weighted by atomic mass is 10.1. The van der Waals surface area contributed by atoms with E-state index in [1.165, 1.54) is 11.5 Å². The zero-order valence-electron chi connectivity index (χ0n) is 10.6. The van der Waals surface area contributed by atoms with Gasteiger partial charge >= 0.3 is 0 Å². The fraction of sp³-hybridized carbons (Fsp3) is 0.700. The number of nitrogens with zero attached hydrogens (tertiary/aromatic N) is 2. The summed E-state index contributed by atoms with van der Waals surface area (Å²) in [7, 11) is 5.38. The Morgan fingerprint density at radius 1 is 1.59 bits per heavy atom. The summed E-state index contributed by atoms with van der Waals surface area (Å²) in [5, 5.41) is 14.0. The highest BCUT2D eigenvalue weighted by Gasteiger charge is 2.22. The minimum Gasteiger partial charge on any atom is -0.490 e. The van der Waals surface area contributed by atoms with Crippen LogP contribution >= 0.6 is 11.5 Å². The van der Waals surface area contributed by atoms with Crippen LogP contribution in [0.15, 0.2) is 0 Å². The second-order valence-corrected chi connectivity index (χ2v) is 5.29. The normalized spacial score (nSPS) is 14.7. The van der Waals surface area contributed by atoms with Crippen molar-refractivity contribution in [2.24, 2.45) is 0 Å². The second-order valence-electron chi connectivity index (χ2n) is 4.52. The van der Waals surface area contributed by atoms with E-state index in [1.54, 1.807) is 14.0 Å². The van der Waals surface area contributed by atoms with Gasteiger partial charge in [-0.2, -0.15) is 4.37 Å². The Morgan fingerprint density at radius 2 is 2.24 bits per heavy atom. The number of hydrogen-bond donors (Lipinski definition) is 3. The molecule has 1 rings (SSSR count). The van der Waals surface area contributed by atoms with E-state index in [2.05, 4.69) is 9.69 Å². The molecule has 0 fully saturated rings. The summed E-state index contributed by atoms with van der Waals surface area (Å²) in [5.41, 5.74) is 4.81. The van der Waals surface area contributed by atoms with E-state index >= 15 is 0 Å². The topological polar surface area (TPSA) is 83.6 Å². The van der Waals surface area contributed by atoms with Crippen LogP contribution in [0.1, 0.15) is 6.92 Å². The summed E-state index contributed by atoms with van der Waals surface area (Å²) in [4.78, 5) is 1.93. The Balaban J connectivity index is 2.60. The predicted molar refractivity (Wildman–Crippen MR) is 70.7 cm³/mol. The predicted octanol–water partition coefficient (Wildman–Crippen LogP) is 0.458. The van der Waals surface area contributed by atoms with Crippen LogP contribution in [0.25, 0.3) is 0 Å². The maximum absolute atomic E-state index is 10.1. The third-order valence-corrected chi connectivity index (χ3v) is 2.97. The molecule has 98 valence electrons. The molecular formula is C10H20N4O2S. The molecule has 6 nitrogen and oxygen atoms in total. The highest BCUT2D eigenvalue weighted by atomic mass is 32.1. The molecule has 0 bridgehead atoms. The highest BCUT2D eigenvalue weighted by Crippen LogP contribution is 2.34. The van der Waals surface area contributed by atoms with Crippen LogP contribution in [0.3, 0.4) is 0 Å². The van der Waals surface area contributed by atoms with Gasteiger partial charge in [-0.1, -0.05) is 0 Å². The van der Waals surface area contributed by atoms with Gasteiger partial charge in [-0.15, -0.1) is 0 Å². The molecule has 0 aliphatic rings. The molecule has 0 saturated carbocycles. The molecule has 1 heterocycles. The molecule has 0 aliphatic carbocycles. The van der Waals surface area contributed by atoms with Crippen LogP contribution in [0, 0.1) is 0 Å². The third kappa shape index (κ3) is 4.03. The maximum atomic E-state index is 10.1. The van der Waals surface area contributed by atoms with Gasteiger partial charge in [0.2, 0.25) is 0 Å². The average Bonchev–Trinajstić information content (AvgIpc) is 2.54. The van der Waals surface area contributed by atoms with Crippen LogP contribution < -0.4 is 15.8 Å². The Bertz CT molecular complexity index is 365. The van der Waals surface area contributed by atoms with E-state index < -0.39 is 5.60 Å². The first-order valence-corrected chi connectivity index (χ1v) is 6.03. The molecule has 1 aromatic rings. The molecule has 0 radical (unpaired) electrons. The Morgan fingerprint density at radius 3 is 2.76 bits per heavy atom. The monoisotopic (exact) mass is 260 g/mol. The number of rotatable bonds is 6. The number of nitrogens with one attached hydrogen (secondary N) is 1. The number of methoxy groups -OCH3 is 1. The summed E-state index contributed by atoms with van der Waals surface area (Å²) < 4.78 is 9.12. The van der Waals surface area contributed by atoms with Crippen LogP contribution in [0.5, 0.6) is 5.75 Å². The molecule has 0 saturated heterocycles. The molecule has 17 heavy (non-hydrogen) atoms. The molecule has 1 atom stereocenters. The minimum atomic E-state index is -0.826. The van der Waals surface area contributed by atoms with Crippen LogP contribution in [-0.2, 0) is 0 Å². The van der Waals surface area contributed by atoms with Gasteiger partial charge in [0.05, 0.1) is 12.7 Å². The summed E-state index contributed by atoms with van der Waals surface area (Å²) in [5.74, 6) is 0.905. The van der Waals surface area contributed by atoms with E-state index in [9.17, 15) is 5.11 Å². The van der Waals surface area contributed by atoms with Crippen molar-refractivity contribution >= 4 is 22.4 Å². The average molecular weight is 260 g/mol. The number of nitrogen functional groups attached to an aromatic ring is 1. The van der Waals surface area contributed by atoms with E-state index in [0.717, 1.165) is 5.00 Å². The van der Waals surface area contributed by atoms with E-state index in [0.29, 0.717) is 24.7 Å². The number of aliphatic hydroxyl groups is 1. The van der Waals surface area contributed by atoms with Gasteiger partial charge in [0, 0.05) is 13.1 Å². The molecular weight excluding hydrogens is 240 g/mol. The molecule has 1 aromatic heterocycles. The quantitative estimate of drug-likeness (QED) is 0.689. The molecule has 0 aromatic carbocycles. The molecule has 1 unspecified atom stereocenters. The Hall–Kier alpha value is -1.05. The first-order valence-electron chi connectivity index (χ1n) is 5.26. The maximum Gasteiger partial charge on any atom is 0.197 e. The third-order valence-electron chi connectivity index (χ3n) is 2.16. The number of anilines is 2. The molecule has 0 aliphatic heterocycles. The first-order chi connectivity index (χ1) is 7.85. The van der Waals surface area contributed by atoms with Crippen molar-refractivity contribution in [3.8, 4) is 5.75 Å².